The van der Waals surface area contributed by atoms with Gasteiger partial charge in [-0.3, -0.25) is 4.79 Å². The van der Waals surface area contributed by atoms with Crippen LogP contribution >= 0.6 is 0 Å². The van der Waals surface area contributed by atoms with Crippen molar-refractivity contribution in [3.05, 3.63) is 53.6 Å². The highest BCUT2D eigenvalue weighted by Gasteiger charge is 2.24. The molecule has 0 atom stereocenters. The molecule has 1 fully saturated rings. The first kappa shape index (κ1) is 19.4. The highest BCUT2D eigenvalue weighted by molar-refractivity contribution is 6.03. The van der Waals surface area contributed by atoms with Crippen molar-refractivity contribution in [1.29, 1.82) is 0 Å². The summed E-state index contributed by atoms with van der Waals surface area (Å²) in [6.45, 7) is 3.32. The maximum Gasteiger partial charge on any atom is 0.409 e. The topological polar surface area (TPSA) is 110 Å². The van der Waals surface area contributed by atoms with Crippen LogP contribution in [0.5, 0.6) is 0 Å². The van der Waals surface area contributed by atoms with Gasteiger partial charge in [-0.05, 0) is 38.0 Å². The number of likely N-dealkylation sites (tertiary alicyclic amines) is 1. The van der Waals surface area contributed by atoms with Gasteiger partial charge in [-0.2, -0.15) is 4.73 Å². The Hall–Kier alpha value is -3.36. The van der Waals surface area contributed by atoms with Crippen LogP contribution in [0.2, 0.25) is 0 Å². The lowest BCUT2D eigenvalue weighted by Gasteiger charge is -2.32. The van der Waals surface area contributed by atoms with Crippen molar-refractivity contribution in [3.63, 3.8) is 0 Å². The Morgan fingerprint density at radius 2 is 2.07 bits per heavy atom. The summed E-state index contributed by atoms with van der Waals surface area (Å²) in [5, 5.41) is 17.8. The van der Waals surface area contributed by atoms with Crippen LogP contribution in [0.4, 0.5) is 16.3 Å². The molecule has 1 aliphatic heterocycles. The van der Waals surface area contributed by atoms with E-state index in [1.807, 2.05) is 0 Å². The average Bonchev–Trinajstić information content (AvgIpc) is 2.70. The van der Waals surface area contributed by atoms with Gasteiger partial charge in [-0.15, -0.1) is 0 Å². The third kappa shape index (κ3) is 4.67. The summed E-state index contributed by atoms with van der Waals surface area (Å²) in [7, 11) is 0. The smallest absolute Gasteiger partial charge is 0.409 e. The van der Waals surface area contributed by atoms with E-state index in [1.165, 1.54) is 12.3 Å². The second-order valence-corrected chi connectivity index (χ2v) is 6.37. The molecular formula is C19H23N5O4. The van der Waals surface area contributed by atoms with Gasteiger partial charge < -0.3 is 25.5 Å². The summed E-state index contributed by atoms with van der Waals surface area (Å²) >= 11 is 0. The van der Waals surface area contributed by atoms with Gasteiger partial charge in [0, 0.05) is 37.5 Å². The molecule has 28 heavy (non-hydrogen) atoms. The Bertz CT molecular complexity index is 837. The largest absolute Gasteiger partial charge is 0.618 e. The van der Waals surface area contributed by atoms with E-state index in [1.54, 1.807) is 42.3 Å². The lowest BCUT2D eigenvalue weighted by molar-refractivity contribution is -0.607. The van der Waals surface area contributed by atoms with Crippen LogP contribution in [0.15, 0.2) is 42.7 Å². The molecule has 1 aliphatic rings. The number of carbonyl (C=O) groups is 2. The number of amides is 2. The molecule has 3 heterocycles. The molecule has 9 nitrogen and oxygen atoms in total. The Morgan fingerprint density at radius 3 is 2.79 bits per heavy atom. The number of hydrogen-bond donors (Lipinski definition) is 2. The monoisotopic (exact) mass is 385 g/mol. The van der Waals surface area contributed by atoms with Crippen molar-refractivity contribution < 1.29 is 19.1 Å². The number of hydrogen-bond acceptors (Lipinski definition) is 6. The summed E-state index contributed by atoms with van der Waals surface area (Å²) < 4.78 is 5.55. The molecule has 0 spiro atoms. The van der Waals surface area contributed by atoms with Crippen molar-refractivity contribution in [2.24, 2.45) is 0 Å². The molecule has 2 aromatic rings. The molecule has 2 aromatic heterocycles. The lowest BCUT2D eigenvalue weighted by atomic mass is 10.1. The third-order valence-corrected chi connectivity index (χ3v) is 4.47. The highest BCUT2D eigenvalue weighted by atomic mass is 16.6. The summed E-state index contributed by atoms with van der Waals surface area (Å²) in [6, 6.07) is 8.18. The highest BCUT2D eigenvalue weighted by Crippen LogP contribution is 2.22. The molecule has 0 aromatic carbocycles. The summed E-state index contributed by atoms with van der Waals surface area (Å²) in [5.41, 5.74) is 0.490. The normalized spacial score (nSPS) is 14.4. The van der Waals surface area contributed by atoms with Crippen LogP contribution in [0.3, 0.4) is 0 Å². The first-order valence-corrected chi connectivity index (χ1v) is 9.21. The minimum atomic E-state index is -0.510. The SMILES string of the molecule is CCOC(=O)N1CCC(Nc2ncccc2NC(=O)c2cccc[n+]2[O-])CC1. The van der Waals surface area contributed by atoms with Gasteiger partial charge in [0.1, 0.15) is 5.82 Å². The van der Waals surface area contributed by atoms with Crippen molar-refractivity contribution in [3.8, 4) is 0 Å². The minimum Gasteiger partial charge on any atom is -0.618 e. The van der Waals surface area contributed by atoms with Gasteiger partial charge in [0.05, 0.1) is 12.3 Å². The first-order chi connectivity index (χ1) is 13.6. The van der Waals surface area contributed by atoms with E-state index in [0.29, 0.717) is 35.9 Å². The maximum absolute atomic E-state index is 12.4. The van der Waals surface area contributed by atoms with E-state index in [2.05, 4.69) is 15.6 Å². The Balaban J connectivity index is 1.63. The molecule has 2 N–H and O–H groups in total. The number of pyridine rings is 2. The minimum absolute atomic E-state index is 0.0000443. The Labute approximate surface area is 162 Å². The number of anilines is 2. The quantitative estimate of drug-likeness (QED) is 0.602. The molecule has 2 amide bonds. The van der Waals surface area contributed by atoms with Gasteiger partial charge in [0.2, 0.25) is 0 Å². The van der Waals surface area contributed by atoms with Gasteiger partial charge >= 0.3 is 12.0 Å². The fourth-order valence-electron chi connectivity index (χ4n) is 3.03. The number of nitrogens with zero attached hydrogens (tertiary/aromatic N) is 3. The zero-order valence-corrected chi connectivity index (χ0v) is 15.6. The van der Waals surface area contributed by atoms with E-state index in [-0.39, 0.29) is 17.8 Å². The van der Waals surface area contributed by atoms with Crippen LogP contribution < -0.4 is 15.4 Å². The van der Waals surface area contributed by atoms with Crippen LogP contribution in [0, 0.1) is 5.21 Å². The van der Waals surface area contributed by atoms with Gasteiger partial charge in [0.15, 0.2) is 6.20 Å². The summed E-state index contributed by atoms with van der Waals surface area (Å²) in [5.74, 6) is 0.0163. The van der Waals surface area contributed by atoms with Gasteiger partial charge in [-0.1, -0.05) is 0 Å². The molecule has 148 valence electrons. The molecule has 0 aliphatic carbocycles. The number of piperidine rings is 1. The Kier molecular flexibility index (Phi) is 6.25. The zero-order valence-electron chi connectivity index (χ0n) is 15.6. The second-order valence-electron chi connectivity index (χ2n) is 6.37. The Morgan fingerprint density at radius 1 is 1.29 bits per heavy atom. The van der Waals surface area contributed by atoms with Crippen LogP contribution in [-0.2, 0) is 4.74 Å². The molecule has 3 rings (SSSR count). The third-order valence-electron chi connectivity index (χ3n) is 4.47. The van der Waals surface area contributed by atoms with E-state index in [4.69, 9.17) is 4.74 Å². The van der Waals surface area contributed by atoms with E-state index in [0.717, 1.165) is 12.8 Å². The van der Waals surface area contributed by atoms with Crippen molar-refractivity contribution in [1.82, 2.24) is 9.88 Å². The second kappa shape index (κ2) is 9.03. The molecule has 0 saturated carbocycles. The molecular weight excluding hydrogens is 362 g/mol. The van der Waals surface area contributed by atoms with Crippen molar-refractivity contribution >= 4 is 23.5 Å². The number of carbonyl (C=O) groups excluding carboxylic acids is 2. The summed E-state index contributed by atoms with van der Waals surface area (Å²) in [6.07, 6.45) is 4.08. The molecule has 0 bridgehead atoms. The van der Waals surface area contributed by atoms with E-state index >= 15 is 0 Å². The zero-order chi connectivity index (χ0) is 19.9. The number of ether oxygens (including phenoxy) is 1. The molecule has 0 unspecified atom stereocenters. The van der Waals surface area contributed by atoms with Gasteiger partial charge in [0.25, 0.3) is 5.69 Å². The average molecular weight is 385 g/mol. The van der Waals surface area contributed by atoms with Crippen LogP contribution in [-0.4, -0.2) is 47.6 Å². The van der Waals surface area contributed by atoms with Crippen molar-refractivity contribution in [2.75, 3.05) is 30.3 Å². The lowest BCUT2D eigenvalue weighted by Crippen LogP contribution is -2.42. The number of rotatable bonds is 5. The molecule has 9 heteroatoms. The predicted octanol–water partition coefficient (Wildman–Crippen LogP) is 2.00. The van der Waals surface area contributed by atoms with E-state index < -0.39 is 5.91 Å². The van der Waals surface area contributed by atoms with E-state index in [9.17, 15) is 14.8 Å². The fourth-order valence-corrected chi connectivity index (χ4v) is 3.03. The van der Waals surface area contributed by atoms with Crippen LogP contribution in [0.1, 0.15) is 30.3 Å². The predicted molar refractivity (Wildman–Crippen MR) is 103 cm³/mol. The number of aromatic nitrogens is 2. The number of nitrogens with one attached hydrogen (secondary N) is 2. The molecule has 1 saturated heterocycles. The van der Waals surface area contributed by atoms with Crippen LogP contribution in [0.25, 0.3) is 0 Å². The maximum atomic E-state index is 12.4. The standard InChI is InChI=1S/C19H23N5O4/c1-2-28-19(26)23-12-8-14(9-13-23)21-17-15(6-5-10-20-17)22-18(25)16-7-3-4-11-24(16)27/h3-7,10-11,14H,2,8-9,12-13H2,1H3,(H,20,21)(H,22,25). The van der Waals surface area contributed by atoms with Crippen molar-refractivity contribution in [2.45, 2.75) is 25.8 Å². The first-order valence-electron chi connectivity index (χ1n) is 9.21. The van der Waals surface area contributed by atoms with Gasteiger partial charge in [-0.25, -0.2) is 9.78 Å². The summed E-state index contributed by atoms with van der Waals surface area (Å²) in [4.78, 5) is 30.2. The molecule has 0 radical (unpaired) electrons. The fraction of sp³-hybridized carbons (Fsp3) is 0.368.